The monoisotopic (exact) mass is 423 g/mol. The van der Waals surface area contributed by atoms with Gasteiger partial charge in [0, 0.05) is 30.6 Å². The van der Waals surface area contributed by atoms with Crippen molar-refractivity contribution in [1.82, 2.24) is 4.31 Å². The van der Waals surface area contributed by atoms with E-state index >= 15 is 0 Å². The predicted molar refractivity (Wildman–Crippen MR) is 115 cm³/mol. The Morgan fingerprint density at radius 2 is 1.73 bits per heavy atom. The molecule has 0 bridgehead atoms. The quantitative estimate of drug-likeness (QED) is 0.700. The third kappa shape index (κ3) is 3.77. The molecule has 6 heteroatoms. The number of hydrogen-bond acceptors (Lipinski definition) is 4. The highest BCUT2D eigenvalue weighted by atomic mass is 32.2. The van der Waals surface area contributed by atoms with Crippen molar-refractivity contribution in [2.45, 2.75) is 38.0 Å². The molecule has 1 unspecified atom stereocenters. The summed E-state index contributed by atoms with van der Waals surface area (Å²) in [5.74, 6) is -0.785. The highest BCUT2D eigenvalue weighted by molar-refractivity contribution is 7.89. The number of carbonyl (C=O) groups excluding carboxylic acids is 2. The van der Waals surface area contributed by atoms with Gasteiger partial charge in [0.25, 0.3) is 0 Å². The maximum Gasteiger partial charge on any atom is 0.243 e. The van der Waals surface area contributed by atoms with Gasteiger partial charge >= 0.3 is 0 Å². The normalized spacial score (nSPS) is 20.2. The molecule has 0 saturated heterocycles. The Labute approximate surface area is 177 Å². The fraction of sp³-hybridized carbons (Fsp3) is 0.333. The van der Waals surface area contributed by atoms with Crippen LogP contribution in [0.2, 0.25) is 0 Å². The van der Waals surface area contributed by atoms with Crippen LogP contribution in [-0.2, 0) is 14.8 Å². The molecule has 1 aliphatic heterocycles. The number of aryl methyl sites for hydroxylation is 2. The summed E-state index contributed by atoms with van der Waals surface area (Å²) < 4.78 is 27.9. The fourth-order valence-electron chi connectivity index (χ4n) is 4.33. The summed E-state index contributed by atoms with van der Waals surface area (Å²) in [6, 6.07) is 14.0. The molecule has 30 heavy (non-hydrogen) atoms. The first kappa shape index (κ1) is 20.7. The molecular weight excluding hydrogens is 398 g/mol. The summed E-state index contributed by atoms with van der Waals surface area (Å²) >= 11 is 0. The third-order valence-corrected chi connectivity index (χ3v) is 7.82. The van der Waals surface area contributed by atoms with Crippen molar-refractivity contribution < 1.29 is 18.0 Å². The largest absolute Gasteiger partial charge is 0.295 e. The van der Waals surface area contributed by atoms with Crippen LogP contribution < -0.4 is 0 Å². The topological polar surface area (TPSA) is 71.5 Å². The van der Waals surface area contributed by atoms with Crippen molar-refractivity contribution in [3.8, 4) is 0 Å². The summed E-state index contributed by atoms with van der Waals surface area (Å²) in [4.78, 5) is 26.2. The summed E-state index contributed by atoms with van der Waals surface area (Å²) in [6.07, 6.45) is 1.78. The molecule has 0 aromatic heterocycles. The standard InChI is InChI=1S/C24H25NO4S/c1-16-9-11-19(12-10-16)30(28,29)25-14-21-20(7-4-8-23(21)26)22(15-25)24(27)18-6-3-5-17(2)13-18/h3,5-6,9-13,22H,4,7-8,14-15H2,1-2H3. The van der Waals surface area contributed by atoms with Gasteiger partial charge in [-0.3, -0.25) is 9.59 Å². The first-order valence-electron chi connectivity index (χ1n) is 10.2. The van der Waals surface area contributed by atoms with Crippen LogP contribution in [0.15, 0.2) is 64.6 Å². The lowest BCUT2D eigenvalue weighted by molar-refractivity contribution is -0.116. The van der Waals surface area contributed by atoms with E-state index in [9.17, 15) is 18.0 Å². The second-order valence-electron chi connectivity index (χ2n) is 8.18. The van der Waals surface area contributed by atoms with Gasteiger partial charge in [-0.05, 0) is 50.5 Å². The molecule has 4 rings (SSSR count). The van der Waals surface area contributed by atoms with Gasteiger partial charge in [-0.15, -0.1) is 0 Å². The summed E-state index contributed by atoms with van der Waals surface area (Å²) in [7, 11) is -3.81. The van der Waals surface area contributed by atoms with Crippen molar-refractivity contribution in [3.05, 3.63) is 76.4 Å². The Bertz CT molecular complexity index is 1150. The van der Waals surface area contributed by atoms with E-state index in [1.807, 2.05) is 32.0 Å². The summed E-state index contributed by atoms with van der Waals surface area (Å²) in [5, 5.41) is 0. The SMILES string of the molecule is Cc1ccc(S(=O)(=O)N2CC3=C(CCCC3=O)C(C(=O)c3cccc(C)c3)C2)cc1. The maximum absolute atomic E-state index is 13.4. The Morgan fingerprint density at radius 1 is 1.00 bits per heavy atom. The lowest BCUT2D eigenvalue weighted by atomic mass is 9.77. The summed E-state index contributed by atoms with van der Waals surface area (Å²) in [5.41, 5.74) is 3.82. The maximum atomic E-state index is 13.4. The van der Waals surface area contributed by atoms with Crippen LogP contribution in [0.1, 0.15) is 40.7 Å². The summed E-state index contributed by atoms with van der Waals surface area (Å²) in [6.45, 7) is 3.92. The first-order valence-corrected chi connectivity index (χ1v) is 11.6. The smallest absolute Gasteiger partial charge is 0.243 e. The Morgan fingerprint density at radius 3 is 2.43 bits per heavy atom. The number of benzene rings is 2. The highest BCUT2D eigenvalue weighted by Crippen LogP contribution is 2.36. The van der Waals surface area contributed by atoms with E-state index in [1.165, 1.54) is 4.31 Å². The minimum atomic E-state index is -3.81. The lowest BCUT2D eigenvalue weighted by Gasteiger charge is -2.36. The first-order chi connectivity index (χ1) is 14.3. The molecule has 0 radical (unpaired) electrons. The van der Waals surface area contributed by atoms with E-state index in [-0.39, 0.29) is 29.6 Å². The Balaban J connectivity index is 1.76. The predicted octanol–water partition coefficient (Wildman–Crippen LogP) is 3.86. The van der Waals surface area contributed by atoms with Crippen LogP contribution in [0.25, 0.3) is 0 Å². The van der Waals surface area contributed by atoms with Gasteiger partial charge < -0.3 is 0 Å². The molecule has 0 N–H and O–H groups in total. The fourth-order valence-corrected chi connectivity index (χ4v) is 5.75. The van der Waals surface area contributed by atoms with Crippen LogP contribution >= 0.6 is 0 Å². The molecule has 1 aliphatic carbocycles. The van der Waals surface area contributed by atoms with E-state index in [0.717, 1.165) is 16.7 Å². The molecule has 0 spiro atoms. The van der Waals surface area contributed by atoms with E-state index in [1.54, 1.807) is 30.3 Å². The molecular formula is C24H25NO4S. The number of rotatable bonds is 4. The Kier molecular flexibility index (Phi) is 5.47. The van der Waals surface area contributed by atoms with Crippen LogP contribution in [0, 0.1) is 19.8 Å². The number of Topliss-reactive ketones (excluding diaryl/α,β-unsaturated/α-hetero) is 2. The van der Waals surface area contributed by atoms with Gasteiger partial charge in [0.1, 0.15) is 0 Å². The van der Waals surface area contributed by atoms with E-state index in [4.69, 9.17) is 0 Å². The van der Waals surface area contributed by atoms with Crippen molar-refractivity contribution in [2.75, 3.05) is 13.1 Å². The van der Waals surface area contributed by atoms with Crippen molar-refractivity contribution in [3.63, 3.8) is 0 Å². The van der Waals surface area contributed by atoms with Crippen molar-refractivity contribution >= 4 is 21.6 Å². The molecule has 2 aromatic rings. The van der Waals surface area contributed by atoms with E-state index < -0.39 is 15.9 Å². The van der Waals surface area contributed by atoms with Gasteiger partial charge in [0.15, 0.2) is 11.6 Å². The molecule has 0 fully saturated rings. The number of nitrogens with zero attached hydrogens (tertiary/aromatic N) is 1. The third-order valence-electron chi connectivity index (χ3n) is 5.99. The molecule has 2 aliphatic rings. The number of ketones is 2. The average Bonchev–Trinajstić information content (AvgIpc) is 2.73. The lowest BCUT2D eigenvalue weighted by Crippen LogP contribution is -2.46. The van der Waals surface area contributed by atoms with Gasteiger partial charge in [-0.25, -0.2) is 8.42 Å². The van der Waals surface area contributed by atoms with Gasteiger partial charge in [-0.2, -0.15) is 4.31 Å². The van der Waals surface area contributed by atoms with Crippen LogP contribution in [-0.4, -0.2) is 37.4 Å². The minimum absolute atomic E-state index is 0.0397. The Hall–Kier alpha value is -2.57. The molecule has 5 nitrogen and oxygen atoms in total. The zero-order valence-electron chi connectivity index (χ0n) is 17.2. The number of hydrogen-bond donors (Lipinski definition) is 0. The molecule has 0 amide bonds. The van der Waals surface area contributed by atoms with E-state index in [0.29, 0.717) is 30.4 Å². The molecule has 1 atom stereocenters. The van der Waals surface area contributed by atoms with Gasteiger partial charge in [0.2, 0.25) is 10.0 Å². The van der Waals surface area contributed by atoms with Crippen LogP contribution in [0.5, 0.6) is 0 Å². The van der Waals surface area contributed by atoms with Gasteiger partial charge in [-0.1, -0.05) is 41.5 Å². The number of sulfonamides is 1. The molecule has 156 valence electrons. The molecule has 1 heterocycles. The zero-order valence-corrected chi connectivity index (χ0v) is 18.0. The van der Waals surface area contributed by atoms with Gasteiger partial charge in [0.05, 0.1) is 10.8 Å². The second-order valence-corrected chi connectivity index (χ2v) is 10.1. The second kappa shape index (κ2) is 7.93. The zero-order chi connectivity index (χ0) is 21.5. The van der Waals surface area contributed by atoms with Crippen molar-refractivity contribution in [1.29, 1.82) is 0 Å². The molecule has 2 aromatic carbocycles. The molecule has 0 saturated carbocycles. The number of carbonyl (C=O) groups is 2. The van der Waals surface area contributed by atoms with E-state index in [2.05, 4.69) is 0 Å². The van der Waals surface area contributed by atoms with Crippen LogP contribution in [0.3, 0.4) is 0 Å². The minimum Gasteiger partial charge on any atom is -0.295 e. The van der Waals surface area contributed by atoms with Crippen LogP contribution in [0.4, 0.5) is 0 Å². The average molecular weight is 424 g/mol. The van der Waals surface area contributed by atoms with Crippen molar-refractivity contribution in [2.24, 2.45) is 5.92 Å². The highest BCUT2D eigenvalue weighted by Gasteiger charge is 2.41.